The van der Waals surface area contributed by atoms with E-state index in [1.165, 1.54) is 0 Å². The van der Waals surface area contributed by atoms with Gasteiger partial charge in [0.25, 0.3) is 0 Å². The molecule has 2 rings (SSSR count). The molecule has 0 bridgehead atoms. The van der Waals surface area contributed by atoms with Crippen molar-refractivity contribution in [1.82, 2.24) is 5.01 Å². The first-order chi connectivity index (χ1) is 9.65. The lowest BCUT2D eigenvalue weighted by atomic mass is 10.2. The molecule has 0 heterocycles. The molecule has 2 aromatic carbocycles. The van der Waals surface area contributed by atoms with Crippen LogP contribution in [0.1, 0.15) is 15.9 Å². The second-order valence-electron chi connectivity index (χ2n) is 4.42. The van der Waals surface area contributed by atoms with Crippen LogP contribution in [0.25, 0.3) is 0 Å². The number of benzene rings is 2. The lowest BCUT2D eigenvalue weighted by molar-refractivity contribution is 0.0735. The number of rotatable bonds is 4. The van der Waals surface area contributed by atoms with E-state index in [0.29, 0.717) is 11.3 Å². The first kappa shape index (κ1) is 13.8. The Kier molecular flexibility index (Phi) is 4.50. The van der Waals surface area contributed by atoms with E-state index in [1.807, 2.05) is 32.3 Å². The van der Waals surface area contributed by atoms with Crippen LogP contribution in [0, 0.1) is 0 Å². The molecule has 0 fully saturated rings. The van der Waals surface area contributed by atoms with Crippen LogP contribution in [0.3, 0.4) is 0 Å². The van der Waals surface area contributed by atoms with E-state index < -0.39 is 0 Å². The van der Waals surface area contributed by atoms with Gasteiger partial charge in [0.15, 0.2) is 0 Å². The van der Waals surface area contributed by atoms with E-state index in [9.17, 15) is 4.79 Å². The molecule has 20 heavy (non-hydrogen) atoms. The van der Waals surface area contributed by atoms with Crippen molar-refractivity contribution < 1.29 is 9.53 Å². The molecule has 0 spiro atoms. The molecule has 0 amide bonds. The fraction of sp³-hybridized carbons (Fsp3) is 0.125. The minimum atomic E-state index is -0.361. The lowest BCUT2D eigenvalue weighted by Gasteiger charge is -2.05. The van der Waals surface area contributed by atoms with Crippen LogP contribution >= 0.6 is 0 Å². The number of hydrazone groups is 1. The summed E-state index contributed by atoms with van der Waals surface area (Å²) in [4.78, 5) is 11.9. The topological polar surface area (TPSA) is 41.9 Å². The van der Waals surface area contributed by atoms with Crippen molar-refractivity contribution in [2.45, 2.75) is 0 Å². The van der Waals surface area contributed by atoms with Gasteiger partial charge in [-0.2, -0.15) is 5.10 Å². The van der Waals surface area contributed by atoms with Crippen molar-refractivity contribution in [1.29, 1.82) is 0 Å². The van der Waals surface area contributed by atoms with Crippen LogP contribution in [0.4, 0.5) is 0 Å². The number of nitrogens with zero attached hydrogens (tertiary/aromatic N) is 2. The Morgan fingerprint density at radius 2 is 1.70 bits per heavy atom. The van der Waals surface area contributed by atoms with Gasteiger partial charge in [-0.3, -0.25) is 0 Å². The summed E-state index contributed by atoms with van der Waals surface area (Å²) in [6.45, 7) is 0. The third-order valence-corrected chi connectivity index (χ3v) is 2.54. The molecular formula is C16H16N2O2. The monoisotopic (exact) mass is 268 g/mol. The van der Waals surface area contributed by atoms with Gasteiger partial charge in [-0.05, 0) is 42.0 Å². The Bertz CT molecular complexity index is 590. The summed E-state index contributed by atoms with van der Waals surface area (Å²) in [7, 11) is 3.71. The largest absolute Gasteiger partial charge is 0.423 e. The molecular weight excluding hydrogens is 252 g/mol. The molecule has 0 N–H and O–H groups in total. The van der Waals surface area contributed by atoms with Gasteiger partial charge in [-0.1, -0.05) is 18.2 Å². The molecule has 0 saturated carbocycles. The van der Waals surface area contributed by atoms with Crippen molar-refractivity contribution >= 4 is 12.2 Å². The van der Waals surface area contributed by atoms with E-state index in [0.717, 1.165) is 5.56 Å². The fourth-order valence-electron chi connectivity index (χ4n) is 1.54. The van der Waals surface area contributed by atoms with Crippen molar-refractivity contribution in [3.63, 3.8) is 0 Å². The fourth-order valence-corrected chi connectivity index (χ4v) is 1.54. The van der Waals surface area contributed by atoms with E-state index >= 15 is 0 Å². The van der Waals surface area contributed by atoms with Gasteiger partial charge in [0, 0.05) is 14.1 Å². The highest BCUT2D eigenvalue weighted by molar-refractivity contribution is 5.91. The van der Waals surface area contributed by atoms with E-state index in [-0.39, 0.29) is 5.97 Å². The molecule has 0 radical (unpaired) electrons. The van der Waals surface area contributed by atoms with Crippen LogP contribution in [-0.2, 0) is 0 Å². The SMILES string of the molecule is CN(C)/N=C/c1ccc(OC(=O)c2ccccc2)cc1. The molecule has 102 valence electrons. The average Bonchev–Trinajstić information content (AvgIpc) is 2.47. The highest BCUT2D eigenvalue weighted by Gasteiger charge is 2.07. The molecule has 0 aliphatic heterocycles. The summed E-state index contributed by atoms with van der Waals surface area (Å²) < 4.78 is 5.29. The zero-order valence-electron chi connectivity index (χ0n) is 11.5. The number of hydrogen-bond donors (Lipinski definition) is 0. The number of ether oxygens (including phenoxy) is 1. The van der Waals surface area contributed by atoms with Gasteiger partial charge >= 0.3 is 5.97 Å². The summed E-state index contributed by atoms with van der Waals surface area (Å²) in [5.41, 5.74) is 1.48. The summed E-state index contributed by atoms with van der Waals surface area (Å²) in [5, 5.41) is 5.85. The Hall–Kier alpha value is -2.62. The number of carbonyl (C=O) groups excluding carboxylic acids is 1. The summed E-state index contributed by atoms with van der Waals surface area (Å²) in [5.74, 6) is 0.154. The molecule has 4 nitrogen and oxygen atoms in total. The Morgan fingerprint density at radius 1 is 1.05 bits per heavy atom. The van der Waals surface area contributed by atoms with Crippen molar-refractivity contribution in [3.8, 4) is 5.75 Å². The molecule has 2 aromatic rings. The number of esters is 1. The number of hydrogen-bond acceptors (Lipinski definition) is 4. The molecule has 4 heteroatoms. The molecule has 0 aromatic heterocycles. The van der Waals surface area contributed by atoms with Crippen LogP contribution in [0.5, 0.6) is 5.75 Å². The highest BCUT2D eigenvalue weighted by atomic mass is 16.5. The zero-order valence-corrected chi connectivity index (χ0v) is 11.5. The minimum absolute atomic E-state index is 0.361. The molecule has 0 aliphatic rings. The van der Waals surface area contributed by atoms with Gasteiger partial charge in [-0.25, -0.2) is 4.79 Å². The Morgan fingerprint density at radius 3 is 2.30 bits per heavy atom. The second kappa shape index (κ2) is 6.52. The summed E-state index contributed by atoms with van der Waals surface area (Å²) in [6, 6.07) is 16.1. The zero-order chi connectivity index (χ0) is 14.4. The quantitative estimate of drug-likeness (QED) is 0.370. The van der Waals surface area contributed by atoms with Gasteiger partial charge in [0.1, 0.15) is 5.75 Å². The minimum Gasteiger partial charge on any atom is -0.423 e. The first-order valence-corrected chi connectivity index (χ1v) is 6.24. The predicted molar refractivity (Wildman–Crippen MR) is 79.1 cm³/mol. The highest BCUT2D eigenvalue weighted by Crippen LogP contribution is 2.13. The summed E-state index contributed by atoms with van der Waals surface area (Å²) >= 11 is 0. The van der Waals surface area contributed by atoms with Crippen molar-refractivity contribution in [2.24, 2.45) is 5.10 Å². The molecule has 0 saturated heterocycles. The first-order valence-electron chi connectivity index (χ1n) is 6.24. The van der Waals surface area contributed by atoms with E-state index in [4.69, 9.17) is 4.74 Å². The Balaban J connectivity index is 2.02. The van der Waals surface area contributed by atoms with Crippen LogP contribution in [0.15, 0.2) is 59.7 Å². The third kappa shape index (κ3) is 3.95. The average molecular weight is 268 g/mol. The number of carbonyl (C=O) groups is 1. The van der Waals surface area contributed by atoms with Gasteiger partial charge in [0.2, 0.25) is 0 Å². The normalized spacial score (nSPS) is 10.5. The Labute approximate surface area is 118 Å². The van der Waals surface area contributed by atoms with Gasteiger partial charge < -0.3 is 9.75 Å². The molecule has 0 unspecified atom stereocenters. The van der Waals surface area contributed by atoms with E-state index in [1.54, 1.807) is 47.6 Å². The van der Waals surface area contributed by atoms with E-state index in [2.05, 4.69) is 5.10 Å². The van der Waals surface area contributed by atoms with Crippen LogP contribution in [-0.4, -0.2) is 31.3 Å². The third-order valence-electron chi connectivity index (χ3n) is 2.54. The smallest absolute Gasteiger partial charge is 0.343 e. The predicted octanol–water partition coefficient (Wildman–Crippen LogP) is 2.80. The maximum atomic E-state index is 11.9. The van der Waals surface area contributed by atoms with Crippen LogP contribution in [0.2, 0.25) is 0 Å². The molecule has 0 aliphatic carbocycles. The van der Waals surface area contributed by atoms with Crippen LogP contribution < -0.4 is 4.74 Å². The van der Waals surface area contributed by atoms with Gasteiger partial charge in [0.05, 0.1) is 11.8 Å². The maximum Gasteiger partial charge on any atom is 0.343 e. The second-order valence-corrected chi connectivity index (χ2v) is 4.42. The lowest BCUT2D eigenvalue weighted by Crippen LogP contribution is -2.08. The maximum absolute atomic E-state index is 11.9. The van der Waals surface area contributed by atoms with Crippen molar-refractivity contribution in [3.05, 3.63) is 65.7 Å². The van der Waals surface area contributed by atoms with Crippen molar-refractivity contribution in [2.75, 3.05) is 14.1 Å². The summed E-state index contributed by atoms with van der Waals surface area (Å²) in [6.07, 6.45) is 1.74. The van der Waals surface area contributed by atoms with Gasteiger partial charge in [-0.15, -0.1) is 0 Å². The standard InChI is InChI=1S/C16H16N2O2/c1-18(2)17-12-13-8-10-15(11-9-13)20-16(19)14-6-4-3-5-7-14/h3-12H,1-2H3/b17-12+. The molecule has 0 atom stereocenters.